The number of aromatic amines is 1. The van der Waals surface area contributed by atoms with E-state index in [2.05, 4.69) is 10.3 Å². The molecule has 4 N–H and O–H groups in total. The molecule has 1 amide bonds. The minimum atomic E-state index is -0.520. The van der Waals surface area contributed by atoms with Crippen LogP contribution in [0.15, 0.2) is 27.4 Å². The highest BCUT2D eigenvalue weighted by atomic mass is 35.5. The van der Waals surface area contributed by atoms with Gasteiger partial charge in [-0.15, -0.1) is 12.4 Å². The number of carbonyl (C=O) groups is 1. The van der Waals surface area contributed by atoms with Gasteiger partial charge in [0, 0.05) is 12.2 Å². The first-order valence-corrected chi connectivity index (χ1v) is 6.45. The van der Waals surface area contributed by atoms with Crippen LogP contribution in [0, 0.1) is 0 Å². The molecule has 21 heavy (non-hydrogen) atoms. The predicted octanol–water partition coefficient (Wildman–Crippen LogP) is 0.988. The van der Waals surface area contributed by atoms with Gasteiger partial charge >= 0.3 is 5.76 Å². The summed E-state index contributed by atoms with van der Waals surface area (Å²) in [6.45, 7) is 0.423. The number of fused-ring (bicyclic) bond motifs is 1. The molecule has 1 aromatic carbocycles. The normalized spacial score (nSPS) is 21.2. The largest absolute Gasteiger partial charge is 0.417 e. The number of hydrogen-bond acceptors (Lipinski definition) is 5. The van der Waals surface area contributed by atoms with Crippen molar-refractivity contribution in [3.8, 4) is 0 Å². The van der Waals surface area contributed by atoms with Crippen molar-refractivity contribution in [2.75, 3.05) is 11.9 Å². The van der Waals surface area contributed by atoms with E-state index < -0.39 is 11.9 Å². The average Bonchev–Trinajstić information content (AvgIpc) is 3.03. The van der Waals surface area contributed by atoms with Crippen LogP contribution in [-0.2, 0) is 9.53 Å². The summed E-state index contributed by atoms with van der Waals surface area (Å²) >= 11 is 0. The Balaban J connectivity index is 0.00000161. The third kappa shape index (κ3) is 3.26. The molecule has 0 unspecified atom stereocenters. The lowest BCUT2D eigenvalue weighted by Gasteiger charge is -2.12. The molecule has 114 valence electrons. The molecule has 1 fully saturated rings. The maximum Gasteiger partial charge on any atom is 0.417 e. The fourth-order valence-electron chi connectivity index (χ4n) is 2.32. The van der Waals surface area contributed by atoms with Crippen molar-refractivity contribution in [1.82, 2.24) is 4.98 Å². The lowest BCUT2D eigenvalue weighted by molar-refractivity contribution is -0.126. The molecule has 2 heterocycles. The molecule has 1 saturated heterocycles. The Morgan fingerprint density at radius 1 is 1.43 bits per heavy atom. The van der Waals surface area contributed by atoms with Gasteiger partial charge in [0.2, 0.25) is 0 Å². The SMILES string of the molecule is Cl.NC[C@H]1CC[C@@H](C(=O)Nc2ccc3oc(=O)[nH]c3c2)O1. The van der Waals surface area contributed by atoms with Crippen molar-refractivity contribution < 1.29 is 13.9 Å². The second-order valence-electron chi connectivity index (χ2n) is 4.77. The van der Waals surface area contributed by atoms with Crippen molar-refractivity contribution >= 4 is 35.1 Å². The van der Waals surface area contributed by atoms with Crippen LogP contribution in [0.4, 0.5) is 5.69 Å². The van der Waals surface area contributed by atoms with Crippen LogP contribution < -0.4 is 16.8 Å². The van der Waals surface area contributed by atoms with Crippen LogP contribution in [-0.4, -0.2) is 29.6 Å². The van der Waals surface area contributed by atoms with Gasteiger partial charge in [0.15, 0.2) is 5.58 Å². The molecule has 7 nitrogen and oxygen atoms in total. The summed E-state index contributed by atoms with van der Waals surface area (Å²) in [5.74, 6) is -0.723. The first-order chi connectivity index (χ1) is 9.65. The van der Waals surface area contributed by atoms with E-state index in [0.29, 0.717) is 29.8 Å². The first-order valence-electron chi connectivity index (χ1n) is 6.45. The van der Waals surface area contributed by atoms with E-state index in [1.54, 1.807) is 18.2 Å². The number of oxazole rings is 1. The van der Waals surface area contributed by atoms with Crippen LogP contribution >= 0.6 is 12.4 Å². The predicted molar refractivity (Wildman–Crippen MR) is 79.7 cm³/mol. The summed E-state index contributed by atoms with van der Waals surface area (Å²) in [6, 6.07) is 4.95. The van der Waals surface area contributed by atoms with Gasteiger partial charge in [-0.1, -0.05) is 0 Å². The number of benzene rings is 1. The summed E-state index contributed by atoms with van der Waals surface area (Å²) in [6.07, 6.45) is 0.947. The van der Waals surface area contributed by atoms with Crippen molar-refractivity contribution in [3.05, 3.63) is 28.7 Å². The van der Waals surface area contributed by atoms with E-state index in [4.69, 9.17) is 14.9 Å². The summed E-state index contributed by atoms with van der Waals surface area (Å²) in [5.41, 5.74) is 7.09. The molecule has 1 aliphatic heterocycles. The zero-order valence-corrected chi connectivity index (χ0v) is 11.9. The fourth-order valence-corrected chi connectivity index (χ4v) is 2.32. The fraction of sp³-hybridized carbons (Fsp3) is 0.385. The molecular formula is C13H16ClN3O4. The number of halogens is 1. The van der Waals surface area contributed by atoms with Gasteiger partial charge in [-0.2, -0.15) is 0 Å². The van der Waals surface area contributed by atoms with Gasteiger partial charge in [0.25, 0.3) is 5.91 Å². The third-order valence-electron chi connectivity index (χ3n) is 3.35. The van der Waals surface area contributed by atoms with Gasteiger partial charge in [0.1, 0.15) is 6.10 Å². The maximum atomic E-state index is 12.0. The molecule has 0 spiro atoms. The number of amides is 1. The van der Waals surface area contributed by atoms with Crippen LogP contribution in [0.5, 0.6) is 0 Å². The van der Waals surface area contributed by atoms with Crippen LogP contribution in [0.1, 0.15) is 12.8 Å². The molecular weight excluding hydrogens is 298 g/mol. The highest BCUT2D eigenvalue weighted by Gasteiger charge is 2.29. The molecule has 2 atom stereocenters. The number of ether oxygens (including phenoxy) is 1. The number of aromatic nitrogens is 1. The van der Waals surface area contributed by atoms with E-state index in [1.807, 2.05) is 0 Å². The smallest absolute Gasteiger partial charge is 0.408 e. The second-order valence-corrected chi connectivity index (χ2v) is 4.77. The van der Waals surface area contributed by atoms with E-state index in [9.17, 15) is 9.59 Å². The average molecular weight is 314 g/mol. The summed E-state index contributed by atoms with van der Waals surface area (Å²) in [7, 11) is 0. The molecule has 3 rings (SSSR count). The molecule has 0 radical (unpaired) electrons. The van der Waals surface area contributed by atoms with Gasteiger partial charge in [-0.05, 0) is 31.0 Å². The second kappa shape index (κ2) is 6.30. The first kappa shape index (κ1) is 15.6. The molecule has 0 saturated carbocycles. The van der Waals surface area contributed by atoms with E-state index in [1.165, 1.54) is 0 Å². The van der Waals surface area contributed by atoms with Crippen molar-refractivity contribution in [3.63, 3.8) is 0 Å². The zero-order valence-electron chi connectivity index (χ0n) is 11.1. The highest BCUT2D eigenvalue weighted by Crippen LogP contribution is 2.21. The van der Waals surface area contributed by atoms with E-state index >= 15 is 0 Å². The van der Waals surface area contributed by atoms with Gasteiger partial charge in [-0.25, -0.2) is 4.79 Å². The van der Waals surface area contributed by atoms with Crippen molar-refractivity contribution in [2.45, 2.75) is 25.0 Å². The van der Waals surface area contributed by atoms with E-state index in [0.717, 1.165) is 6.42 Å². The number of nitrogens with one attached hydrogen (secondary N) is 2. The summed E-state index contributed by atoms with van der Waals surface area (Å²) < 4.78 is 10.4. The monoisotopic (exact) mass is 313 g/mol. The summed E-state index contributed by atoms with van der Waals surface area (Å²) in [4.78, 5) is 25.6. The standard InChI is InChI=1S/C13H15N3O4.ClH/c14-6-8-2-4-11(19-8)12(17)15-7-1-3-10-9(5-7)16-13(18)20-10;/h1,3,5,8,11H,2,4,6,14H2,(H,15,17)(H,16,18);1H/t8-,11+;/m1./s1. The molecule has 1 aliphatic rings. The van der Waals surface area contributed by atoms with Crippen molar-refractivity contribution in [1.29, 1.82) is 0 Å². The topological polar surface area (TPSA) is 110 Å². The van der Waals surface area contributed by atoms with Gasteiger partial charge in [-0.3, -0.25) is 9.78 Å². The molecule has 8 heteroatoms. The Hall–Kier alpha value is -1.83. The lowest BCUT2D eigenvalue weighted by atomic mass is 10.2. The maximum absolute atomic E-state index is 12.0. The minimum Gasteiger partial charge on any atom is -0.408 e. The number of rotatable bonds is 3. The Labute approximate surface area is 126 Å². The van der Waals surface area contributed by atoms with Crippen molar-refractivity contribution in [2.24, 2.45) is 5.73 Å². The Kier molecular flexibility index (Phi) is 4.66. The molecule has 0 bridgehead atoms. The quantitative estimate of drug-likeness (QED) is 0.782. The lowest BCUT2D eigenvalue weighted by Crippen LogP contribution is -2.29. The number of H-pyrrole nitrogens is 1. The molecule has 0 aliphatic carbocycles. The zero-order chi connectivity index (χ0) is 14.1. The van der Waals surface area contributed by atoms with Crippen LogP contribution in [0.2, 0.25) is 0 Å². The van der Waals surface area contributed by atoms with Gasteiger partial charge < -0.3 is 20.2 Å². The number of hydrogen-bond donors (Lipinski definition) is 3. The Morgan fingerprint density at radius 3 is 2.95 bits per heavy atom. The third-order valence-corrected chi connectivity index (χ3v) is 3.35. The number of anilines is 1. The number of nitrogens with two attached hydrogens (primary N) is 1. The summed E-state index contributed by atoms with van der Waals surface area (Å²) in [5, 5.41) is 2.76. The Bertz CT molecular complexity index is 696. The van der Waals surface area contributed by atoms with Gasteiger partial charge in [0.05, 0.1) is 11.6 Å². The van der Waals surface area contributed by atoms with Crippen LogP contribution in [0.3, 0.4) is 0 Å². The van der Waals surface area contributed by atoms with Crippen LogP contribution in [0.25, 0.3) is 11.1 Å². The highest BCUT2D eigenvalue weighted by molar-refractivity contribution is 5.95. The number of carbonyl (C=O) groups excluding carboxylic acids is 1. The Morgan fingerprint density at radius 2 is 2.24 bits per heavy atom. The minimum absolute atomic E-state index is 0. The molecule has 2 aromatic rings. The molecule has 1 aromatic heterocycles. The van der Waals surface area contributed by atoms with E-state index in [-0.39, 0.29) is 24.4 Å².